The van der Waals surface area contributed by atoms with Gasteiger partial charge in [-0.15, -0.1) is 0 Å². The van der Waals surface area contributed by atoms with E-state index in [9.17, 15) is 4.79 Å². The monoisotopic (exact) mass is 263 g/mol. The zero-order valence-corrected chi connectivity index (χ0v) is 11.0. The largest absolute Gasteiger partial charge is 0.464 e. The molecule has 0 radical (unpaired) electrons. The molecule has 1 atom stereocenters. The zero-order chi connectivity index (χ0) is 14.1. The first-order chi connectivity index (χ1) is 9.15. The zero-order valence-electron chi connectivity index (χ0n) is 11.0. The SMILES string of the molecule is CCOC(=O)C(C)(NCCN=[N+]=[N-])c1ccccn1. The van der Waals surface area contributed by atoms with Crippen LogP contribution in [-0.4, -0.2) is 30.6 Å². The van der Waals surface area contributed by atoms with E-state index in [4.69, 9.17) is 10.3 Å². The standard InChI is InChI=1S/C12H17N5O2/c1-3-19-11(18)12(2,15-8-9-16-17-13)10-6-4-5-7-14-10/h4-7,15H,3,8-9H2,1-2H3. The van der Waals surface area contributed by atoms with Crippen LogP contribution in [-0.2, 0) is 15.1 Å². The molecule has 1 rings (SSSR count). The fourth-order valence-electron chi connectivity index (χ4n) is 1.60. The normalized spacial score (nSPS) is 13.2. The molecule has 1 N–H and O–H groups in total. The van der Waals surface area contributed by atoms with Gasteiger partial charge < -0.3 is 4.74 Å². The van der Waals surface area contributed by atoms with Gasteiger partial charge in [-0.05, 0) is 31.5 Å². The number of carbonyl (C=O) groups is 1. The van der Waals surface area contributed by atoms with Crippen molar-refractivity contribution in [3.8, 4) is 0 Å². The summed E-state index contributed by atoms with van der Waals surface area (Å²) >= 11 is 0. The third-order valence-corrected chi connectivity index (χ3v) is 2.61. The van der Waals surface area contributed by atoms with Crippen LogP contribution in [0.2, 0.25) is 0 Å². The van der Waals surface area contributed by atoms with E-state index in [1.165, 1.54) is 0 Å². The summed E-state index contributed by atoms with van der Waals surface area (Å²) in [6.07, 6.45) is 1.61. The number of azide groups is 1. The fourth-order valence-corrected chi connectivity index (χ4v) is 1.60. The summed E-state index contributed by atoms with van der Waals surface area (Å²) in [5, 5.41) is 6.45. The number of aromatic nitrogens is 1. The van der Waals surface area contributed by atoms with Crippen LogP contribution in [0.1, 0.15) is 19.5 Å². The lowest BCUT2D eigenvalue weighted by Crippen LogP contribution is -2.49. The quantitative estimate of drug-likeness (QED) is 0.266. The highest BCUT2D eigenvalue weighted by molar-refractivity contribution is 5.81. The van der Waals surface area contributed by atoms with Gasteiger partial charge in [-0.1, -0.05) is 11.2 Å². The lowest BCUT2D eigenvalue weighted by Gasteiger charge is -2.27. The average molecular weight is 263 g/mol. The molecular weight excluding hydrogens is 246 g/mol. The molecule has 102 valence electrons. The van der Waals surface area contributed by atoms with E-state index in [2.05, 4.69) is 20.3 Å². The van der Waals surface area contributed by atoms with Crippen molar-refractivity contribution in [2.45, 2.75) is 19.4 Å². The van der Waals surface area contributed by atoms with Crippen molar-refractivity contribution < 1.29 is 9.53 Å². The van der Waals surface area contributed by atoms with E-state index in [1.54, 1.807) is 38.2 Å². The van der Waals surface area contributed by atoms with Crippen molar-refractivity contribution in [3.05, 3.63) is 40.5 Å². The number of esters is 1. The molecule has 0 aromatic carbocycles. The number of nitrogens with one attached hydrogen (secondary N) is 1. The molecule has 7 heteroatoms. The number of rotatable bonds is 7. The molecule has 0 saturated carbocycles. The predicted octanol–water partition coefficient (Wildman–Crippen LogP) is 1.76. The minimum Gasteiger partial charge on any atom is -0.464 e. The van der Waals surface area contributed by atoms with Crippen LogP contribution in [0.25, 0.3) is 10.4 Å². The van der Waals surface area contributed by atoms with Gasteiger partial charge in [0.2, 0.25) is 0 Å². The Labute approximate surface area is 111 Å². The van der Waals surface area contributed by atoms with Gasteiger partial charge in [-0.3, -0.25) is 10.3 Å². The maximum absolute atomic E-state index is 12.1. The Morgan fingerprint density at radius 2 is 2.42 bits per heavy atom. The molecule has 1 aromatic rings. The molecule has 0 saturated heterocycles. The van der Waals surface area contributed by atoms with Crippen LogP contribution in [0, 0.1) is 0 Å². The second kappa shape index (κ2) is 7.35. The predicted molar refractivity (Wildman–Crippen MR) is 70.2 cm³/mol. The molecule has 0 spiro atoms. The molecule has 0 aliphatic carbocycles. The van der Waals surface area contributed by atoms with Crippen LogP contribution in [0.15, 0.2) is 29.5 Å². The summed E-state index contributed by atoms with van der Waals surface area (Å²) in [5.41, 5.74) is 7.74. The van der Waals surface area contributed by atoms with E-state index in [0.29, 0.717) is 18.8 Å². The summed E-state index contributed by atoms with van der Waals surface area (Å²) in [5.74, 6) is -0.408. The highest BCUT2D eigenvalue weighted by atomic mass is 16.5. The molecular formula is C12H17N5O2. The van der Waals surface area contributed by atoms with E-state index in [-0.39, 0.29) is 6.54 Å². The number of carbonyl (C=O) groups excluding carboxylic acids is 1. The topological polar surface area (TPSA) is 100.0 Å². The third-order valence-electron chi connectivity index (χ3n) is 2.61. The minimum absolute atomic E-state index is 0.248. The molecule has 1 unspecified atom stereocenters. The Kier molecular flexibility index (Phi) is 5.78. The van der Waals surface area contributed by atoms with Crippen LogP contribution < -0.4 is 5.32 Å². The van der Waals surface area contributed by atoms with Gasteiger partial charge in [0.15, 0.2) is 5.54 Å². The molecule has 19 heavy (non-hydrogen) atoms. The fraction of sp³-hybridized carbons (Fsp3) is 0.500. The van der Waals surface area contributed by atoms with E-state index < -0.39 is 11.5 Å². The molecule has 7 nitrogen and oxygen atoms in total. The number of pyridine rings is 1. The molecule has 0 aliphatic rings. The first kappa shape index (κ1) is 14.9. The highest BCUT2D eigenvalue weighted by Crippen LogP contribution is 2.20. The van der Waals surface area contributed by atoms with Crippen molar-refractivity contribution in [1.29, 1.82) is 0 Å². The van der Waals surface area contributed by atoms with Crippen molar-refractivity contribution in [2.75, 3.05) is 19.7 Å². The van der Waals surface area contributed by atoms with Gasteiger partial charge in [-0.25, -0.2) is 4.79 Å². The van der Waals surface area contributed by atoms with Crippen molar-refractivity contribution in [1.82, 2.24) is 10.3 Å². The second-order valence-electron chi connectivity index (χ2n) is 3.94. The lowest BCUT2D eigenvalue weighted by molar-refractivity contribution is -0.151. The second-order valence-corrected chi connectivity index (χ2v) is 3.94. The van der Waals surface area contributed by atoms with Gasteiger partial charge in [0, 0.05) is 24.2 Å². The van der Waals surface area contributed by atoms with Crippen molar-refractivity contribution in [3.63, 3.8) is 0 Å². The summed E-state index contributed by atoms with van der Waals surface area (Å²) < 4.78 is 5.07. The van der Waals surface area contributed by atoms with Crippen molar-refractivity contribution in [2.24, 2.45) is 5.11 Å². The number of nitrogens with zero attached hydrogens (tertiary/aromatic N) is 4. The summed E-state index contributed by atoms with van der Waals surface area (Å²) in [6, 6.07) is 5.32. The molecule has 0 aliphatic heterocycles. The van der Waals surface area contributed by atoms with Crippen molar-refractivity contribution >= 4 is 5.97 Å². The smallest absolute Gasteiger partial charge is 0.332 e. The van der Waals surface area contributed by atoms with Gasteiger partial charge in [0.1, 0.15) is 0 Å². The molecule has 1 aromatic heterocycles. The third kappa shape index (κ3) is 3.94. The van der Waals surface area contributed by atoms with Gasteiger partial charge in [0.25, 0.3) is 0 Å². The lowest BCUT2D eigenvalue weighted by atomic mass is 9.97. The summed E-state index contributed by atoms with van der Waals surface area (Å²) in [4.78, 5) is 18.9. The van der Waals surface area contributed by atoms with Crippen LogP contribution in [0.4, 0.5) is 0 Å². The first-order valence-corrected chi connectivity index (χ1v) is 5.99. The Morgan fingerprint density at radius 3 is 3.00 bits per heavy atom. The number of ether oxygens (including phenoxy) is 1. The van der Waals surface area contributed by atoms with Gasteiger partial charge in [-0.2, -0.15) is 0 Å². The number of hydrogen-bond donors (Lipinski definition) is 1. The van der Waals surface area contributed by atoms with E-state index in [1.807, 2.05) is 0 Å². The van der Waals surface area contributed by atoms with Crippen LogP contribution in [0.5, 0.6) is 0 Å². The minimum atomic E-state index is -1.05. The maximum Gasteiger partial charge on any atom is 0.332 e. The Morgan fingerprint density at radius 1 is 1.63 bits per heavy atom. The number of hydrogen-bond acceptors (Lipinski definition) is 5. The molecule has 0 amide bonds. The maximum atomic E-state index is 12.1. The first-order valence-electron chi connectivity index (χ1n) is 5.99. The van der Waals surface area contributed by atoms with Gasteiger partial charge in [0.05, 0.1) is 12.3 Å². The van der Waals surface area contributed by atoms with E-state index >= 15 is 0 Å². The Balaban J connectivity index is 2.90. The van der Waals surface area contributed by atoms with Crippen LogP contribution in [0.3, 0.4) is 0 Å². The average Bonchev–Trinajstić information content (AvgIpc) is 2.44. The van der Waals surface area contributed by atoms with Gasteiger partial charge >= 0.3 is 5.97 Å². The highest BCUT2D eigenvalue weighted by Gasteiger charge is 2.37. The molecule has 0 fully saturated rings. The summed E-state index contributed by atoms with van der Waals surface area (Å²) in [7, 11) is 0. The Bertz CT molecular complexity index is 458. The molecule has 1 heterocycles. The summed E-state index contributed by atoms with van der Waals surface area (Å²) in [6.45, 7) is 4.34. The molecule has 0 bridgehead atoms. The Hall–Kier alpha value is -2.11. The van der Waals surface area contributed by atoms with E-state index in [0.717, 1.165) is 0 Å². The van der Waals surface area contributed by atoms with Crippen LogP contribution >= 0.6 is 0 Å².